The van der Waals surface area contributed by atoms with Gasteiger partial charge in [-0.1, -0.05) is 6.07 Å². The maximum Gasteiger partial charge on any atom is 0.142 e. The van der Waals surface area contributed by atoms with Gasteiger partial charge in [-0.25, -0.2) is 4.98 Å². The summed E-state index contributed by atoms with van der Waals surface area (Å²) in [5.41, 5.74) is 5.17. The van der Waals surface area contributed by atoms with Gasteiger partial charge < -0.3 is 5.32 Å². The van der Waals surface area contributed by atoms with Crippen molar-refractivity contribution in [2.24, 2.45) is 7.05 Å². The van der Waals surface area contributed by atoms with Crippen molar-refractivity contribution in [3.8, 4) is 10.7 Å². The standard InChI is InChI=1S/C15H17N5S/c1-10-14(11(2)20(3)19-10)17-8-12-9-21-15(18-12)13-6-4-5-7-16-13/h4-7,9,17H,8H2,1-3H3. The quantitative estimate of drug-likeness (QED) is 0.804. The van der Waals surface area contributed by atoms with E-state index in [1.807, 2.05) is 36.9 Å². The molecule has 5 nitrogen and oxygen atoms in total. The van der Waals surface area contributed by atoms with Gasteiger partial charge in [0.05, 0.1) is 35.0 Å². The molecule has 0 unspecified atom stereocenters. The number of pyridine rings is 1. The molecule has 3 aromatic heterocycles. The molecule has 0 saturated heterocycles. The number of hydrogen-bond donors (Lipinski definition) is 1. The number of thiazole rings is 1. The molecule has 3 heterocycles. The van der Waals surface area contributed by atoms with E-state index in [9.17, 15) is 0 Å². The third kappa shape index (κ3) is 2.80. The van der Waals surface area contributed by atoms with Gasteiger partial charge in [0.2, 0.25) is 0 Å². The summed E-state index contributed by atoms with van der Waals surface area (Å²) in [7, 11) is 1.95. The Bertz CT molecular complexity index is 745. The third-order valence-corrected chi connectivity index (χ3v) is 4.30. The van der Waals surface area contributed by atoms with Crippen LogP contribution in [0.1, 0.15) is 17.1 Å². The van der Waals surface area contributed by atoms with Crippen LogP contribution >= 0.6 is 11.3 Å². The van der Waals surface area contributed by atoms with Gasteiger partial charge in [-0.05, 0) is 26.0 Å². The lowest BCUT2D eigenvalue weighted by Crippen LogP contribution is -2.02. The van der Waals surface area contributed by atoms with Crippen molar-refractivity contribution in [1.82, 2.24) is 19.7 Å². The Morgan fingerprint density at radius 1 is 1.29 bits per heavy atom. The Kier molecular flexibility index (Phi) is 3.70. The second-order valence-electron chi connectivity index (χ2n) is 4.88. The van der Waals surface area contributed by atoms with Crippen LogP contribution in [0.3, 0.4) is 0 Å². The lowest BCUT2D eigenvalue weighted by molar-refractivity contribution is 0.731. The summed E-state index contributed by atoms with van der Waals surface area (Å²) in [5.74, 6) is 0. The topological polar surface area (TPSA) is 55.6 Å². The van der Waals surface area contributed by atoms with Gasteiger partial charge >= 0.3 is 0 Å². The van der Waals surface area contributed by atoms with Crippen LogP contribution in [0, 0.1) is 13.8 Å². The van der Waals surface area contributed by atoms with E-state index in [0.29, 0.717) is 6.54 Å². The number of aryl methyl sites for hydroxylation is 2. The molecule has 0 atom stereocenters. The van der Waals surface area contributed by atoms with Gasteiger partial charge in [-0.3, -0.25) is 9.67 Å². The van der Waals surface area contributed by atoms with Crippen molar-refractivity contribution in [3.63, 3.8) is 0 Å². The molecule has 0 saturated carbocycles. The summed E-state index contributed by atoms with van der Waals surface area (Å²) in [6, 6.07) is 5.86. The van der Waals surface area contributed by atoms with Crippen molar-refractivity contribution >= 4 is 17.0 Å². The normalized spacial score (nSPS) is 10.8. The molecule has 0 fully saturated rings. The van der Waals surface area contributed by atoms with Crippen LogP contribution in [-0.4, -0.2) is 19.7 Å². The molecule has 0 spiro atoms. The number of hydrogen-bond acceptors (Lipinski definition) is 5. The zero-order valence-electron chi connectivity index (χ0n) is 12.3. The minimum atomic E-state index is 0.691. The number of anilines is 1. The smallest absolute Gasteiger partial charge is 0.142 e. The van der Waals surface area contributed by atoms with Gasteiger partial charge in [-0.2, -0.15) is 5.10 Å². The zero-order valence-corrected chi connectivity index (χ0v) is 13.1. The second-order valence-corrected chi connectivity index (χ2v) is 5.74. The Balaban J connectivity index is 1.73. The molecule has 6 heteroatoms. The molecule has 3 aromatic rings. The monoisotopic (exact) mass is 299 g/mol. The Morgan fingerprint density at radius 3 is 2.81 bits per heavy atom. The highest BCUT2D eigenvalue weighted by Crippen LogP contribution is 2.23. The summed E-state index contributed by atoms with van der Waals surface area (Å²) in [4.78, 5) is 8.95. The summed E-state index contributed by atoms with van der Waals surface area (Å²) >= 11 is 1.62. The Morgan fingerprint density at radius 2 is 2.14 bits per heavy atom. The number of rotatable bonds is 4. The number of nitrogens with one attached hydrogen (secondary N) is 1. The highest BCUT2D eigenvalue weighted by Gasteiger charge is 2.10. The average Bonchev–Trinajstić information content (AvgIpc) is 3.05. The largest absolute Gasteiger partial charge is 0.376 e. The van der Waals surface area contributed by atoms with Crippen LogP contribution < -0.4 is 5.32 Å². The van der Waals surface area contributed by atoms with Crippen LogP contribution in [-0.2, 0) is 13.6 Å². The van der Waals surface area contributed by atoms with E-state index in [4.69, 9.17) is 0 Å². The van der Waals surface area contributed by atoms with E-state index in [1.54, 1.807) is 17.5 Å². The lowest BCUT2D eigenvalue weighted by Gasteiger charge is -2.04. The molecule has 0 aliphatic heterocycles. The van der Waals surface area contributed by atoms with Gasteiger partial charge in [-0.15, -0.1) is 11.3 Å². The van der Waals surface area contributed by atoms with E-state index < -0.39 is 0 Å². The molecule has 108 valence electrons. The maximum atomic E-state index is 4.63. The average molecular weight is 299 g/mol. The zero-order chi connectivity index (χ0) is 14.8. The van der Waals surface area contributed by atoms with E-state index in [2.05, 4.69) is 32.7 Å². The van der Waals surface area contributed by atoms with E-state index in [-0.39, 0.29) is 0 Å². The third-order valence-electron chi connectivity index (χ3n) is 3.39. The van der Waals surface area contributed by atoms with Crippen molar-refractivity contribution in [2.45, 2.75) is 20.4 Å². The van der Waals surface area contributed by atoms with Gasteiger partial charge in [0, 0.05) is 18.6 Å². The Labute approximate surface area is 127 Å². The predicted molar refractivity (Wildman–Crippen MR) is 85.4 cm³/mol. The molecule has 1 N–H and O–H groups in total. The molecule has 3 rings (SSSR count). The first-order valence-electron chi connectivity index (χ1n) is 6.75. The summed E-state index contributed by atoms with van der Waals surface area (Å²) in [6.07, 6.45) is 1.79. The first kappa shape index (κ1) is 13.8. The first-order valence-corrected chi connectivity index (χ1v) is 7.63. The second kappa shape index (κ2) is 5.65. The molecule has 0 radical (unpaired) electrons. The molecule has 0 amide bonds. The molecular weight excluding hydrogens is 282 g/mol. The van der Waals surface area contributed by atoms with Crippen LogP contribution in [0.2, 0.25) is 0 Å². The van der Waals surface area contributed by atoms with E-state index in [0.717, 1.165) is 33.5 Å². The van der Waals surface area contributed by atoms with Crippen LogP contribution in [0.4, 0.5) is 5.69 Å². The van der Waals surface area contributed by atoms with Crippen LogP contribution in [0.5, 0.6) is 0 Å². The van der Waals surface area contributed by atoms with Gasteiger partial charge in [0.1, 0.15) is 5.01 Å². The highest BCUT2D eigenvalue weighted by atomic mass is 32.1. The van der Waals surface area contributed by atoms with Gasteiger partial charge in [0.25, 0.3) is 0 Å². The fraction of sp³-hybridized carbons (Fsp3) is 0.267. The predicted octanol–water partition coefficient (Wildman–Crippen LogP) is 3.17. The fourth-order valence-corrected chi connectivity index (χ4v) is 3.00. The minimum absolute atomic E-state index is 0.691. The fourth-order valence-electron chi connectivity index (χ4n) is 2.20. The molecule has 0 bridgehead atoms. The van der Waals surface area contributed by atoms with E-state index >= 15 is 0 Å². The molecule has 0 aliphatic rings. The maximum absolute atomic E-state index is 4.63. The summed E-state index contributed by atoms with van der Waals surface area (Å²) in [5, 5.41) is 10.8. The van der Waals surface area contributed by atoms with Crippen LogP contribution in [0.25, 0.3) is 10.7 Å². The summed E-state index contributed by atoms with van der Waals surface area (Å²) in [6.45, 7) is 4.76. The lowest BCUT2D eigenvalue weighted by atomic mass is 10.3. The van der Waals surface area contributed by atoms with Gasteiger partial charge in [0.15, 0.2) is 0 Å². The SMILES string of the molecule is Cc1nn(C)c(C)c1NCc1csc(-c2ccccn2)n1. The number of nitrogens with zero attached hydrogens (tertiary/aromatic N) is 4. The molecule has 0 aromatic carbocycles. The Hall–Kier alpha value is -2.21. The van der Waals surface area contributed by atoms with Crippen LogP contribution in [0.15, 0.2) is 29.8 Å². The van der Waals surface area contributed by atoms with Crippen molar-refractivity contribution in [1.29, 1.82) is 0 Å². The number of aromatic nitrogens is 4. The molecule has 0 aliphatic carbocycles. The minimum Gasteiger partial charge on any atom is -0.376 e. The van der Waals surface area contributed by atoms with Crippen molar-refractivity contribution < 1.29 is 0 Å². The molecule has 21 heavy (non-hydrogen) atoms. The molecular formula is C15H17N5S. The summed E-state index contributed by atoms with van der Waals surface area (Å²) < 4.78 is 1.89. The van der Waals surface area contributed by atoms with E-state index in [1.165, 1.54) is 0 Å². The first-order chi connectivity index (χ1) is 10.1. The van der Waals surface area contributed by atoms with Crippen molar-refractivity contribution in [3.05, 3.63) is 46.9 Å². The van der Waals surface area contributed by atoms with Crippen molar-refractivity contribution in [2.75, 3.05) is 5.32 Å². The highest BCUT2D eigenvalue weighted by molar-refractivity contribution is 7.13.